The van der Waals surface area contributed by atoms with Gasteiger partial charge >= 0.3 is 5.97 Å². The number of methoxy groups -OCH3 is 1. The van der Waals surface area contributed by atoms with Crippen LogP contribution < -0.4 is 20.0 Å². The van der Waals surface area contributed by atoms with E-state index in [0.717, 1.165) is 4.57 Å². The SMILES string of the molecule is COc1c(N2CCN(c3ncccn3)CC2)c(F)c(F)c2c(=O)c(C(=O)O)c(F)n(C3CC3)c12. The summed E-state index contributed by atoms with van der Waals surface area (Å²) in [6, 6.07) is 1.20. The van der Waals surface area contributed by atoms with Gasteiger partial charge in [0.2, 0.25) is 17.3 Å². The molecule has 1 saturated carbocycles. The first-order chi connectivity index (χ1) is 16.3. The summed E-state index contributed by atoms with van der Waals surface area (Å²) in [7, 11) is 1.22. The lowest BCUT2D eigenvalue weighted by Crippen LogP contribution is -2.47. The minimum absolute atomic E-state index is 0.210. The molecule has 0 amide bonds. The molecule has 1 saturated heterocycles. The van der Waals surface area contributed by atoms with Crippen LogP contribution in [0.15, 0.2) is 23.3 Å². The van der Waals surface area contributed by atoms with Crippen LogP contribution in [0.1, 0.15) is 29.2 Å². The average Bonchev–Trinajstić information content (AvgIpc) is 3.66. The number of hydrogen-bond acceptors (Lipinski definition) is 7. The molecule has 5 rings (SSSR count). The molecule has 1 aliphatic heterocycles. The number of aromatic nitrogens is 3. The number of benzene rings is 1. The van der Waals surface area contributed by atoms with Crippen molar-refractivity contribution in [2.75, 3.05) is 43.1 Å². The lowest BCUT2D eigenvalue weighted by atomic mass is 10.1. The van der Waals surface area contributed by atoms with Crippen LogP contribution in [-0.4, -0.2) is 58.9 Å². The minimum atomic E-state index is -1.85. The van der Waals surface area contributed by atoms with Gasteiger partial charge in [-0.1, -0.05) is 0 Å². The van der Waals surface area contributed by atoms with Crippen molar-refractivity contribution in [1.82, 2.24) is 14.5 Å². The highest BCUT2D eigenvalue weighted by Crippen LogP contribution is 2.45. The van der Waals surface area contributed by atoms with Crippen molar-refractivity contribution in [2.24, 2.45) is 0 Å². The molecule has 1 aromatic carbocycles. The highest BCUT2D eigenvalue weighted by atomic mass is 19.2. The van der Waals surface area contributed by atoms with Crippen LogP contribution in [0, 0.1) is 17.6 Å². The van der Waals surface area contributed by atoms with Crippen LogP contribution >= 0.6 is 0 Å². The smallest absolute Gasteiger partial charge is 0.344 e. The second-order valence-corrected chi connectivity index (χ2v) is 8.16. The normalized spacial score (nSPS) is 16.2. The van der Waals surface area contributed by atoms with Crippen molar-refractivity contribution < 1.29 is 27.8 Å². The number of rotatable bonds is 5. The molecule has 9 nitrogen and oxygen atoms in total. The Balaban J connectivity index is 1.68. The molecule has 0 radical (unpaired) electrons. The number of pyridine rings is 1. The summed E-state index contributed by atoms with van der Waals surface area (Å²) in [6.07, 6.45) is 4.21. The molecule has 12 heteroatoms. The number of hydrogen-bond donors (Lipinski definition) is 1. The van der Waals surface area contributed by atoms with Gasteiger partial charge in [0.05, 0.1) is 12.5 Å². The van der Waals surface area contributed by atoms with E-state index in [1.54, 1.807) is 23.4 Å². The predicted octanol–water partition coefficient (Wildman–Crippen LogP) is 2.58. The summed E-state index contributed by atoms with van der Waals surface area (Å²) >= 11 is 0. The van der Waals surface area contributed by atoms with Gasteiger partial charge in [0, 0.05) is 44.6 Å². The zero-order chi connectivity index (χ0) is 24.1. The third kappa shape index (κ3) is 3.32. The number of halogens is 3. The highest BCUT2D eigenvalue weighted by molar-refractivity contribution is 5.97. The van der Waals surface area contributed by atoms with E-state index < -0.39 is 46.0 Å². The van der Waals surface area contributed by atoms with Gasteiger partial charge in [-0.2, -0.15) is 4.39 Å². The Morgan fingerprint density at radius 2 is 1.68 bits per heavy atom. The molecular formula is C22H20F3N5O4. The van der Waals surface area contributed by atoms with E-state index in [-0.39, 0.29) is 30.0 Å². The molecule has 0 spiro atoms. The molecule has 2 aromatic heterocycles. The van der Waals surface area contributed by atoms with Crippen LogP contribution in [0.25, 0.3) is 10.9 Å². The van der Waals surface area contributed by atoms with Crippen molar-refractivity contribution in [3.8, 4) is 5.75 Å². The van der Waals surface area contributed by atoms with Crippen LogP contribution in [0.4, 0.5) is 24.8 Å². The predicted molar refractivity (Wildman–Crippen MR) is 116 cm³/mol. The molecule has 0 unspecified atom stereocenters. The minimum Gasteiger partial charge on any atom is -0.492 e. The maximum absolute atomic E-state index is 15.4. The first-order valence-electron chi connectivity index (χ1n) is 10.7. The Labute approximate surface area is 191 Å². The van der Waals surface area contributed by atoms with Gasteiger partial charge in [-0.15, -0.1) is 0 Å². The summed E-state index contributed by atoms with van der Waals surface area (Å²) in [5.41, 5.74) is -3.16. The van der Waals surface area contributed by atoms with Crippen LogP contribution in [0.2, 0.25) is 0 Å². The summed E-state index contributed by atoms with van der Waals surface area (Å²) in [5.74, 6) is -5.73. The molecule has 3 heterocycles. The van der Waals surface area contributed by atoms with Gasteiger partial charge in [0.25, 0.3) is 0 Å². The number of ether oxygens (including phenoxy) is 1. The third-order valence-corrected chi connectivity index (χ3v) is 6.16. The number of piperazine rings is 1. The van der Waals surface area contributed by atoms with Gasteiger partial charge in [0.1, 0.15) is 11.2 Å². The number of carboxylic acids is 1. The van der Waals surface area contributed by atoms with E-state index in [1.165, 1.54) is 7.11 Å². The molecule has 1 N–H and O–H groups in total. The maximum atomic E-state index is 15.4. The van der Waals surface area contributed by atoms with Gasteiger partial charge in [0.15, 0.2) is 22.9 Å². The Morgan fingerprint density at radius 3 is 2.24 bits per heavy atom. The van der Waals surface area contributed by atoms with E-state index >= 15 is 13.2 Å². The monoisotopic (exact) mass is 475 g/mol. The number of fused-ring (bicyclic) bond motifs is 1. The van der Waals surface area contributed by atoms with Crippen molar-refractivity contribution >= 4 is 28.5 Å². The molecule has 34 heavy (non-hydrogen) atoms. The van der Waals surface area contributed by atoms with Crippen LogP contribution in [-0.2, 0) is 0 Å². The number of nitrogens with zero attached hydrogens (tertiary/aromatic N) is 5. The van der Waals surface area contributed by atoms with Crippen LogP contribution in [0.5, 0.6) is 5.75 Å². The Bertz CT molecular complexity index is 1350. The lowest BCUT2D eigenvalue weighted by Gasteiger charge is -2.37. The maximum Gasteiger partial charge on any atom is 0.344 e. The fraction of sp³-hybridized carbons (Fsp3) is 0.364. The largest absolute Gasteiger partial charge is 0.492 e. The third-order valence-electron chi connectivity index (χ3n) is 6.16. The standard InChI is InChI=1S/C22H20F3N5O4/c1-34-19-16-12(18(31)13(21(32)33)20(25)30(16)11-3-4-11)14(23)15(24)17(19)28-7-9-29(10-8-28)22-26-5-2-6-27-22/h2,5-6,11H,3-4,7-10H2,1H3,(H,32,33). The molecular weight excluding hydrogens is 455 g/mol. The molecule has 2 fully saturated rings. The second kappa shape index (κ2) is 8.19. The molecule has 2 aliphatic rings. The molecule has 0 atom stereocenters. The van der Waals surface area contributed by atoms with E-state index in [1.807, 2.05) is 4.90 Å². The van der Waals surface area contributed by atoms with Crippen molar-refractivity contribution in [1.29, 1.82) is 0 Å². The fourth-order valence-corrected chi connectivity index (χ4v) is 4.44. The van der Waals surface area contributed by atoms with Crippen LogP contribution in [0.3, 0.4) is 0 Å². The highest BCUT2D eigenvalue weighted by Gasteiger charge is 2.37. The van der Waals surface area contributed by atoms with Crippen molar-refractivity contribution in [3.63, 3.8) is 0 Å². The average molecular weight is 475 g/mol. The second-order valence-electron chi connectivity index (χ2n) is 8.16. The van der Waals surface area contributed by atoms with Gasteiger partial charge in [-0.05, 0) is 18.9 Å². The van der Waals surface area contributed by atoms with Crippen molar-refractivity contribution in [3.05, 3.63) is 51.8 Å². The zero-order valence-electron chi connectivity index (χ0n) is 18.1. The fourth-order valence-electron chi connectivity index (χ4n) is 4.44. The number of aromatic carboxylic acids is 1. The number of carbonyl (C=O) groups is 1. The Kier molecular flexibility index (Phi) is 5.29. The number of anilines is 2. The molecule has 0 bridgehead atoms. The molecule has 3 aromatic rings. The molecule has 178 valence electrons. The topological polar surface area (TPSA) is 101 Å². The van der Waals surface area contributed by atoms with Crippen molar-refractivity contribution in [2.45, 2.75) is 18.9 Å². The van der Waals surface area contributed by atoms with E-state index in [9.17, 15) is 14.7 Å². The van der Waals surface area contributed by atoms with Gasteiger partial charge < -0.3 is 24.2 Å². The first kappa shape index (κ1) is 22.0. The zero-order valence-corrected chi connectivity index (χ0v) is 18.1. The van der Waals surface area contributed by atoms with E-state index in [2.05, 4.69) is 9.97 Å². The van der Waals surface area contributed by atoms with E-state index in [4.69, 9.17) is 4.74 Å². The summed E-state index contributed by atoms with van der Waals surface area (Å²) in [6.45, 7) is 1.29. The van der Waals surface area contributed by atoms with E-state index in [0.29, 0.717) is 31.9 Å². The first-order valence-corrected chi connectivity index (χ1v) is 10.7. The molecule has 1 aliphatic carbocycles. The van der Waals surface area contributed by atoms with Gasteiger partial charge in [-0.3, -0.25) is 4.79 Å². The number of carboxylic acid groups (broad SMARTS) is 1. The summed E-state index contributed by atoms with van der Waals surface area (Å²) in [5, 5.41) is 8.54. The summed E-state index contributed by atoms with van der Waals surface area (Å²) < 4.78 is 52.4. The Hall–Kier alpha value is -3.83. The Morgan fingerprint density at radius 1 is 1.06 bits per heavy atom. The quantitative estimate of drug-likeness (QED) is 0.562. The van der Waals surface area contributed by atoms with Gasteiger partial charge in [-0.25, -0.2) is 23.5 Å². The summed E-state index contributed by atoms with van der Waals surface area (Å²) in [4.78, 5) is 36.2. The lowest BCUT2D eigenvalue weighted by molar-refractivity contribution is 0.0688.